The Hall–Kier alpha value is -1.53. The second-order valence-electron chi connectivity index (χ2n) is 6.36. The van der Waals surface area contributed by atoms with Crippen LogP contribution in [0.1, 0.15) is 18.9 Å². The Morgan fingerprint density at radius 2 is 1.75 bits per heavy atom. The summed E-state index contributed by atoms with van der Waals surface area (Å²) in [6.45, 7) is 2.40. The molecule has 1 fully saturated rings. The number of methoxy groups -OCH3 is 3. The second kappa shape index (κ2) is 6.41. The Balaban J connectivity index is 1.91. The van der Waals surface area contributed by atoms with E-state index >= 15 is 0 Å². The lowest BCUT2D eigenvalue weighted by Crippen LogP contribution is -2.71. The molecule has 0 saturated heterocycles. The molecule has 0 spiro atoms. The molecule has 4 rings (SSSR count). The third kappa shape index (κ3) is 2.35. The van der Waals surface area contributed by atoms with Gasteiger partial charge in [-0.25, -0.2) is 0 Å². The quantitative estimate of drug-likeness (QED) is 0.592. The van der Waals surface area contributed by atoms with Gasteiger partial charge >= 0.3 is 0 Å². The molecule has 0 N–H and O–H groups in total. The van der Waals surface area contributed by atoms with Crippen molar-refractivity contribution < 1.29 is 23.7 Å². The van der Waals surface area contributed by atoms with Crippen LogP contribution in [0.5, 0.6) is 0 Å². The normalized spacial score (nSPS) is 31.2. The van der Waals surface area contributed by atoms with Crippen molar-refractivity contribution in [2.45, 2.75) is 37.4 Å². The van der Waals surface area contributed by atoms with E-state index in [-0.39, 0.29) is 17.8 Å². The van der Waals surface area contributed by atoms with Crippen molar-refractivity contribution in [1.29, 1.82) is 0 Å². The molecule has 5 heteroatoms. The summed E-state index contributed by atoms with van der Waals surface area (Å²) >= 11 is 0. The summed E-state index contributed by atoms with van der Waals surface area (Å²) in [4.78, 5) is 13.2. The van der Waals surface area contributed by atoms with Crippen LogP contribution >= 0.6 is 0 Å². The van der Waals surface area contributed by atoms with Crippen molar-refractivity contribution in [3.05, 3.63) is 47.5 Å². The van der Waals surface area contributed by atoms with Gasteiger partial charge in [0.15, 0.2) is 5.60 Å². The van der Waals surface area contributed by atoms with Crippen LogP contribution in [0.4, 0.5) is 0 Å². The van der Waals surface area contributed by atoms with Crippen LogP contribution in [0.15, 0.2) is 42.0 Å². The van der Waals surface area contributed by atoms with Crippen LogP contribution in [0.2, 0.25) is 0 Å². The SMILES string of the molecule is COC1(OC)C(=O)[C@@]2(OC)C=C(C)[C@@H]1C[C@@H]2OCc1ccccc1. The minimum Gasteiger partial charge on any atom is -0.370 e. The Morgan fingerprint density at radius 1 is 1.08 bits per heavy atom. The summed E-state index contributed by atoms with van der Waals surface area (Å²) in [7, 11) is 4.53. The zero-order chi connectivity index (χ0) is 17.4. The van der Waals surface area contributed by atoms with Gasteiger partial charge < -0.3 is 18.9 Å². The Labute approximate surface area is 142 Å². The number of ether oxygens (including phenoxy) is 4. The van der Waals surface area contributed by atoms with Gasteiger partial charge in [0.1, 0.15) is 0 Å². The average molecular weight is 332 g/mol. The Kier molecular flexibility index (Phi) is 4.62. The van der Waals surface area contributed by atoms with Crippen molar-refractivity contribution in [3.8, 4) is 0 Å². The molecule has 0 aromatic heterocycles. The van der Waals surface area contributed by atoms with E-state index in [0.29, 0.717) is 13.0 Å². The van der Waals surface area contributed by atoms with Gasteiger partial charge in [0, 0.05) is 27.2 Å². The topological polar surface area (TPSA) is 54.0 Å². The number of ketones is 1. The molecule has 5 nitrogen and oxygen atoms in total. The first-order valence-electron chi connectivity index (χ1n) is 8.09. The molecule has 130 valence electrons. The van der Waals surface area contributed by atoms with Crippen molar-refractivity contribution in [2.24, 2.45) is 5.92 Å². The lowest BCUT2D eigenvalue weighted by Gasteiger charge is -2.54. The van der Waals surface area contributed by atoms with Gasteiger partial charge in [-0.1, -0.05) is 35.9 Å². The zero-order valence-electron chi connectivity index (χ0n) is 14.6. The van der Waals surface area contributed by atoms with E-state index in [1.807, 2.05) is 43.3 Å². The first-order valence-corrected chi connectivity index (χ1v) is 8.09. The fourth-order valence-electron chi connectivity index (χ4n) is 4.00. The number of rotatable bonds is 6. The van der Waals surface area contributed by atoms with Crippen LogP contribution < -0.4 is 0 Å². The summed E-state index contributed by atoms with van der Waals surface area (Å²) in [5.41, 5.74) is 0.905. The van der Waals surface area contributed by atoms with E-state index in [1.165, 1.54) is 21.3 Å². The number of carbonyl (C=O) groups is 1. The van der Waals surface area contributed by atoms with Gasteiger partial charge in [-0.05, 0) is 25.0 Å². The summed E-state index contributed by atoms with van der Waals surface area (Å²) in [5.74, 6) is -1.72. The number of benzene rings is 1. The molecule has 3 aliphatic rings. The molecule has 0 unspecified atom stereocenters. The molecule has 0 radical (unpaired) electrons. The molecule has 0 heterocycles. The molecule has 2 bridgehead atoms. The van der Waals surface area contributed by atoms with Crippen molar-refractivity contribution in [2.75, 3.05) is 21.3 Å². The maximum absolute atomic E-state index is 13.2. The largest absolute Gasteiger partial charge is 0.370 e. The highest BCUT2D eigenvalue weighted by molar-refractivity contribution is 5.99. The van der Waals surface area contributed by atoms with Crippen molar-refractivity contribution >= 4 is 5.78 Å². The minimum absolute atomic E-state index is 0.183. The highest BCUT2D eigenvalue weighted by Crippen LogP contribution is 2.51. The predicted molar refractivity (Wildman–Crippen MR) is 88.4 cm³/mol. The predicted octanol–water partition coefficient (Wildman–Crippen LogP) is 2.50. The summed E-state index contributed by atoms with van der Waals surface area (Å²) < 4.78 is 22.9. The van der Waals surface area contributed by atoms with Gasteiger partial charge in [0.2, 0.25) is 11.6 Å². The Morgan fingerprint density at radius 3 is 2.33 bits per heavy atom. The Bertz CT molecular complexity index is 634. The van der Waals surface area contributed by atoms with Gasteiger partial charge in [-0.3, -0.25) is 4.79 Å². The molecule has 24 heavy (non-hydrogen) atoms. The first-order chi connectivity index (χ1) is 11.5. The number of hydrogen-bond acceptors (Lipinski definition) is 5. The zero-order valence-corrected chi connectivity index (χ0v) is 14.6. The van der Waals surface area contributed by atoms with E-state index in [0.717, 1.165) is 11.1 Å². The smallest absolute Gasteiger partial charge is 0.238 e. The number of carbonyl (C=O) groups excluding carboxylic acids is 1. The summed E-state index contributed by atoms with van der Waals surface area (Å²) in [5, 5.41) is 0. The van der Waals surface area contributed by atoms with Gasteiger partial charge in [0.05, 0.1) is 12.7 Å². The average Bonchev–Trinajstić information content (AvgIpc) is 2.62. The van der Waals surface area contributed by atoms with Crippen LogP contribution in [0.25, 0.3) is 0 Å². The van der Waals surface area contributed by atoms with E-state index < -0.39 is 11.4 Å². The molecule has 1 aromatic rings. The highest BCUT2D eigenvalue weighted by atomic mass is 16.7. The molecular weight excluding hydrogens is 308 g/mol. The number of hydrogen-bond donors (Lipinski definition) is 0. The van der Waals surface area contributed by atoms with Crippen molar-refractivity contribution in [1.82, 2.24) is 0 Å². The first kappa shape index (κ1) is 17.3. The molecule has 3 aliphatic carbocycles. The van der Waals surface area contributed by atoms with E-state index in [2.05, 4.69) is 0 Å². The highest BCUT2D eigenvalue weighted by Gasteiger charge is 2.67. The van der Waals surface area contributed by atoms with Gasteiger partial charge in [0.25, 0.3) is 0 Å². The monoisotopic (exact) mass is 332 g/mol. The van der Waals surface area contributed by atoms with Gasteiger partial charge in [-0.15, -0.1) is 0 Å². The fourth-order valence-corrected chi connectivity index (χ4v) is 4.00. The maximum Gasteiger partial charge on any atom is 0.238 e. The maximum atomic E-state index is 13.2. The van der Waals surface area contributed by atoms with E-state index in [9.17, 15) is 4.79 Å². The number of fused-ring (bicyclic) bond motifs is 2. The fraction of sp³-hybridized carbons (Fsp3) is 0.526. The van der Waals surface area contributed by atoms with Crippen LogP contribution in [0, 0.1) is 5.92 Å². The van der Waals surface area contributed by atoms with E-state index in [1.54, 1.807) is 0 Å². The van der Waals surface area contributed by atoms with E-state index in [4.69, 9.17) is 18.9 Å². The molecule has 1 saturated carbocycles. The van der Waals surface area contributed by atoms with Crippen LogP contribution in [-0.4, -0.2) is 44.6 Å². The molecule has 0 amide bonds. The van der Waals surface area contributed by atoms with Crippen molar-refractivity contribution in [3.63, 3.8) is 0 Å². The minimum atomic E-state index is -1.30. The third-order valence-corrected chi connectivity index (χ3v) is 5.29. The molecule has 1 aromatic carbocycles. The standard InChI is InChI=1S/C19H24O5/c1-13-11-18(21-2)16(24-12-14-8-6-5-7-9-14)10-15(13)19(22-3,23-4)17(18)20/h5-9,11,15-16H,10,12H2,1-4H3/t15-,16-,18+/m0/s1. The van der Waals surface area contributed by atoms with Crippen LogP contribution in [-0.2, 0) is 30.3 Å². The lowest BCUT2D eigenvalue weighted by molar-refractivity contribution is -0.269. The summed E-state index contributed by atoms with van der Waals surface area (Å²) in [6.07, 6.45) is 2.11. The summed E-state index contributed by atoms with van der Waals surface area (Å²) in [6, 6.07) is 9.89. The van der Waals surface area contributed by atoms with Crippen LogP contribution in [0.3, 0.4) is 0 Å². The molecule has 0 aliphatic heterocycles. The second-order valence-corrected chi connectivity index (χ2v) is 6.36. The lowest BCUT2D eigenvalue weighted by atomic mass is 9.62. The molecular formula is C19H24O5. The van der Waals surface area contributed by atoms with Gasteiger partial charge in [-0.2, -0.15) is 0 Å². The third-order valence-electron chi connectivity index (χ3n) is 5.29. The number of Topliss-reactive ketones (excluding diaryl/α,β-unsaturated/α-hetero) is 1. The molecule has 3 atom stereocenters.